The standard InChI is InChI=1S/C10H21NO2/c1-8(12)13-10(4,5)7-9(2,3)11-6/h11H,7H2,1-6H3. The molecule has 0 spiro atoms. The van der Waals surface area contributed by atoms with Crippen molar-refractivity contribution in [3.63, 3.8) is 0 Å². The number of esters is 1. The van der Waals surface area contributed by atoms with Crippen LogP contribution in [0.5, 0.6) is 0 Å². The molecule has 78 valence electrons. The summed E-state index contributed by atoms with van der Waals surface area (Å²) in [5.41, 5.74) is -0.419. The first kappa shape index (κ1) is 12.4. The van der Waals surface area contributed by atoms with E-state index in [-0.39, 0.29) is 11.5 Å². The molecule has 0 rings (SSSR count). The largest absolute Gasteiger partial charge is 0.460 e. The molecule has 0 aromatic carbocycles. The van der Waals surface area contributed by atoms with Gasteiger partial charge in [-0.2, -0.15) is 0 Å². The van der Waals surface area contributed by atoms with Gasteiger partial charge in [0.05, 0.1) is 0 Å². The van der Waals surface area contributed by atoms with E-state index in [4.69, 9.17) is 4.74 Å². The van der Waals surface area contributed by atoms with Crippen LogP contribution < -0.4 is 5.32 Å². The zero-order valence-electron chi connectivity index (χ0n) is 9.52. The molecule has 0 saturated heterocycles. The third kappa shape index (κ3) is 5.64. The van der Waals surface area contributed by atoms with Gasteiger partial charge < -0.3 is 10.1 Å². The maximum atomic E-state index is 10.8. The lowest BCUT2D eigenvalue weighted by Crippen LogP contribution is -2.44. The predicted octanol–water partition coefficient (Wildman–Crippen LogP) is 1.72. The molecule has 0 aromatic rings. The van der Waals surface area contributed by atoms with Gasteiger partial charge in [0.15, 0.2) is 0 Å². The number of nitrogens with one attached hydrogen (secondary N) is 1. The van der Waals surface area contributed by atoms with Gasteiger partial charge in [-0.15, -0.1) is 0 Å². The van der Waals surface area contributed by atoms with Crippen molar-refractivity contribution in [1.82, 2.24) is 5.32 Å². The number of ether oxygens (including phenoxy) is 1. The van der Waals surface area contributed by atoms with E-state index in [2.05, 4.69) is 19.2 Å². The van der Waals surface area contributed by atoms with Crippen LogP contribution in [0, 0.1) is 0 Å². The first-order valence-corrected chi connectivity index (χ1v) is 4.57. The third-order valence-corrected chi connectivity index (χ3v) is 1.96. The molecule has 0 saturated carbocycles. The zero-order chi connectivity index (χ0) is 10.7. The molecule has 0 aliphatic rings. The Labute approximate surface area is 80.8 Å². The Balaban J connectivity index is 4.24. The first-order chi connectivity index (χ1) is 5.68. The van der Waals surface area contributed by atoms with E-state index < -0.39 is 5.60 Å². The number of hydrogen-bond donors (Lipinski definition) is 1. The molecule has 1 N–H and O–H groups in total. The Morgan fingerprint density at radius 1 is 1.31 bits per heavy atom. The Bertz CT molecular complexity index is 185. The van der Waals surface area contributed by atoms with Gasteiger partial charge in [0.1, 0.15) is 5.60 Å². The predicted molar refractivity (Wildman–Crippen MR) is 53.6 cm³/mol. The van der Waals surface area contributed by atoms with Gasteiger partial charge in [-0.05, 0) is 34.7 Å². The summed E-state index contributed by atoms with van der Waals surface area (Å²) in [6, 6.07) is 0. The Hall–Kier alpha value is -0.570. The maximum absolute atomic E-state index is 10.8. The van der Waals surface area contributed by atoms with Crippen LogP contribution in [-0.2, 0) is 9.53 Å². The lowest BCUT2D eigenvalue weighted by Gasteiger charge is -2.34. The lowest BCUT2D eigenvalue weighted by atomic mass is 9.89. The highest BCUT2D eigenvalue weighted by Crippen LogP contribution is 2.23. The second-order valence-electron chi connectivity index (χ2n) is 4.66. The van der Waals surface area contributed by atoms with Crippen LogP contribution in [0.3, 0.4) is 0 Å². The summed E-state index contributed by atoms with van der Waals surface area (Å²) in [6.07, 6.45) is 0.788. The topological polar surface area (TPSA) is 38.3 Å². The summed E-state index contributed by atoms with van der Waals surface area (Å²) < 4.78 is 5.20. The first-order valence-electron chi connectivity index (χ1n) is 4.57. The average Bonchev–Trinajstić information content (AvgIpc) is 1.81. The van der Waals surface area contributed by atoms with E-state index in [9.17, 15) is 4.79 Å². The Morgan fingerprint density at radius 2 is 1.77 bits per heavy atom. The molecule has 0 aromatic heterocycles. The zero-order valence-corrected chi connectivity index (χ0v) is 9.52. The number of hydrogen-bond acceptors (Lipinski definition) is 3. The molecule has 0 atom stereocenters. The van der Waals surface area contributed by atoms with E-state index in [1.807, 2.05) is 20.9 Å². The summed E-state index contributed by atoms with van der Waals surface area (Å²) in [5.74, 6) is -0.225. The van der Waals surface area contributed by atoms with Gasteiger partial charge >= 0.3 is 5.97 Å². The highest BCUT2D eigenvalue weighted by atomic mass is 16.6. The number of carbonyl (C=O) groups is 1. The molecule has 0 heterocycles. The second kappa shape index (κ2) is 4.09. The maximum Gasteiger partial charge on any atom is 0.303 e. The fourth-order valence-corrected chi connectivity index (χ4v) is 1.58. The normalized spacial score (nSPS) is 12.8. The van der Waals surface area contributed by atoms with Crippen molar-refractivity contribution in [3.8, 4) is 0 Å². The lowest BCUT2D eigenvalue weighted by molar-refractivity contribution is -0.155. The van der Waals surface area contributed by atoms with Crippen molar-refractivity contribution in [3.05, 3.63) is 0 Å². The molecular weight excluding hydrogens is 166 g/mol. The average molecular weight is 187 g/mol. The summed E-state index contributed by atoms with van der Waals surface area (Å²) in [7, 11) is 1.91. The van der Waals surface area contributed by atoms with Gasteiger partial charge in [0.2, 0.25) is 0 Å². The molecular formula is C10H21NO2. The summed E-state index contributed by atoms with van der Waals surface area (Å²) >= 11 is 0. The Morgan fingerprint density at radius 3 is 2.08 bits per heavy atom. The van der Waals surface area contributed by atoms with Crippen molar-refractivity contribution in [1.29, 1.82) is 0 Å². The molecule has 0 aliphatic heterocycles. The summed E-state index contributed by atoms with van der Waals surface area (Å²) in [6.45, 7) is 9.45. The van der Waals surface area contributed by atoms with E-state index >= 15 is 0 Å². The van der Waals surface area contributed by atoms with Crippen LogP contribution in [-0.4, -0.2) is 24.2 Å². The quantitative estimate of drug-likeness (QED) is 0.681. The molecule has 0 bridgehead atoms. The van der Waals surface area contributed by atoms with Crippen LogP contribution in [0.2, 0.25) is 0 Å². The van der Waals surface area contributed by atoms with E-state index in [1.165, 1.54) is 6.92 Å². The van der Waals surface area contributed by atoms with E-state index in [0.29, 0.717) is 0 Å². The minimum absolute atomic E-state index is 0.0149. The highest BCUT2D eigenvalue weighted by Gasteiger charge is 2.29. The van der Waals surface area contributed by atoms with Crippen molar-refractivity contribution in [2.24, 2.45) is 0 Å². The van der Waals surface area contributed by atoms with Crippen LogP contribution in [0.15, 0.2) is 0 Å². The molecule has 0 aliphatic carbocycles. The summed E-state index contributed by atoms with van der Waals surface area (Å²) in [4.78, 5) is 10.8. The third-order valence-electron chi connectivity index (χ3n) is 1.96. The summed E-state index contributed by atoms with van der Waals surface area (Å²) in [5, 5.41) is 3.18. The molecule has 0 amide bonds. The van der Waals surface area contributed by atoms with Crippen molar-refractivity contribution < 1.29 is 9.53 Å². The highest BCUT2D eigenvalue weighted by molar-refractivity contribution is 5.66. The van der Waals surface area contributed by atoms with E-state index in [1.54, 1.807) is 0 Å². The van der Waals surface area contributed by atoms with Crippen molar-refractivity contribution >= 4 is 5.97 Å². The smallest absolute Gasteiger partial charge is 0.303 e. The van der Waals surface area contributed by atoms with Crippen molar-refractivity contribution in [2.75, 3.05) is 7.05 Å². The van der Waals surface area contributed by atoms with Gasteiger partial charge in [-0.25, -0.2) is 0 Å². The minimum Gasteiger partial charge on any atom is -0.460 e. The van der Waals surface area contributed by atoms with Crippen LogP contribution in [0.4, 0.5) is 0 Å². The van der Waals surface area contributed by atoms with Gasteiger partial charge in [-0.1, -0.05) is 0 Å². The Kier molecular flexibility index (Phi) is 3.91. The molecule has 0 unspecified atom stereocenters. The van der Waals surface area contributed by atoms with Gasteiger partial charge in [0, 0.05) is 18.9 Å². The number of rotatable bonds is 4. The van der Waals surface area contributed by atoms with E-state index in [0.717, 1.165) is 6.42 Å². The molecule has 0 fully saturated rings. The molecule has 3 heteroatoms. The molecule has 3 nitrogen and oxygen atoms in total. The monoisotopic (exact) mass is 187 g/mol. The SMILES string of the molecule is CNC(C)(C)CC(C)(C)OC(C)=O. The number of carbonyl (C=O) groups excluding carboxylic acids is 1. The fraction of sp³-hybridized carbons (Fsp3) is 0.900. The molecule has 13 heavy (non-hydrogen) atoms. The second-order valence-corrected chi connectivity index (χ2v) is 4.66. The molecule has 0 radical (unpaired) electrons. The van der Waals surface area contributed by atoms with Gasteiger partial charge in [-0.3, -0.25) is 4.79 Å². The van der Waals surface area contributed by atoms with Crippen molar-refractivity contribution in [2.45, 2.75) is 52.2 Å². The minimum atomic E-state index is -0.404. The fourth-order valence-electron chi connectivity index (χ4n) is 1.58. The van der Waals surface area contributed by atoms with Crippen LogP contribution >= 0.6 is 0 Å². The van der Waals surface area contributed by atoms with Crippen LogP contribution in [0.25, 0.3) is 0 Å². The van der Waals surface area contributed by atoms with Gasteiger partial charge in [0.25, 0.3) is 0 Å². The van der Waals surface area contributed by atoms with Crippen LogP contribution in [0.1, 0.15) is 41.0 Å².